The molecule has 0 amide bonds. The maximum atomic E-state index is 12.4. The molecule has 0 aliphatic carbocycles. The first-order chi connectivity index (χ1) is 28.5. The molecule has 0 spiro atoms. The molecule has 5 nitrogen and oxygen atoms in total. The predicted octanol–water partition coefficient (Wildman–Crippen LogP) is 14.4. The molecular weight excluding hydrogens is 733 g/mol. The minimum atomic E-state index is -0.312. The van der Waals surface area contributed by atoms with E-state index in [1.165, 1.54) is 5.56 Å². The molecule has 9 aromatic rings. The second-order valence-electron chi connectivity index (χ2n) is 19.3. The molecule has 0 bridgehead atoms. The molecule has 298 valence electrons. The number of phenolic OH excluding ortho intramolecular Hbond substituents is 1. The zero-order valence-electron chi connectivity index (χ0n) is 36.1. The topological polar surface area (TPSA) is 63.8 Å². The van der Waals surface area contributed by atoms with Crippen molar-refractivity contribution in [3.05, 3.63) is 163 Å². The van der Waals surface area contributed by atoms with Crippen molar-refractivity contribution >= 4 is 32.7 Å². The molecule has 0 atom stereocenters. The van der Waals surface area contributed by atoms with E-state index in [-0.39, 0.29) is 22.0 Å². The van der Waals surface area contributed by atoms with Crippen molar-refractivity contribution in [3.8, 4) is 56.3 Å². The van der Waals surface area contributed by atoms with Gasteiger partial charge in [0.1, 0.15) is 11.6 Å². The molecule has 0 saturated carbocycles. The maximum absolute atomic E-state index is 12.4. The molecule has 3 aromatic heterocycles. The molecule has 3 heterocycles. The largest absolute Gasteiger partial charge is 0.507 e. The lowest BCUT2D eigenvalue weighted by Gasteiger charge is -2.27. The van der Waals surface area contributed by atoms with E-state index in [0.717, 1.165) is 83.0 Å². The first kappa shape index (κ1) is 38.9. The van der Waals surface area contributed by atoms with Crippen molar-refractivity contribution < 1.29 is 5.11 Å². The lowest BCUT2D eigenvalue weighted by atomic mass is 9.79. The predicted molar refractivity (Wildman–Crippen MR) is 251 cm³/mol. The number of aromatic nitrogens is 4. The Morgan fingerprint density at radius 1 is 0.517 bits per heavy atom. The van der Waals surface area contributed by atoms with Crippen LogP contribution in [0.25, 0.3) is 83.3 Å². The minimum Gasteiger partial charge on any atom is -0.507 e. The monoisotopic (exact) mass is 784 g/mol. The lowest BCUT2D eigenvalue weighted by molar-refractivity contribution is 0.446. The first-order valence-corrected chi connectivity index (χ1v) is 20.9. The quantitative estimate of drug-likeness (QED) is 0.177. The van der Waals surface area contributed by atoms with Gasteiger partial charge < -0.3 is 5.11 Å². The van der Waals surface area contributed by atoms with E-state index in [9.17, 15) is 5.11 Å². The van der Waals surface area contributed by atoms with Gasteiger partial charge in [-0.3, -0.25) is 14.5 Å². The molecule has 6 aromatic carbocycles. The smallest absolute Gasteiger partial charge is 0.149 e. The van der Waals surface area contributed by atoms with Gasteiger partial charge in [-0.2, -0.15) is 0 Å². The third-order valence-corrected chi connectivity index (χ3v) is 11.8. The lowest BCUT2D eigenvalue weighted by Crippen LogP contribution is -2.17. The fraction of sp³-hybridized carbons (Fsp3) is 0.218. The van der Waals surface area contributed by atoms with E-state index in [1.807, 2.05) is 24.5 Å². The standard InChI is InChI=1S/C55H52N4O/c1-53(2,3)39-27-36(26-37(28-39)48-30-35(24-25-56-48)34-16-11-10-12-17-34)43-19-15-21-49-50(43)58-52(45-31-40(54(4,5)6)32-46(51(45)60)55(7,8)9)59(49)41-22-23-42-38(29-41)33-57-47-20-14-13-18-44(42)47/h10-33,60H,1-9H3. The molecule has 1 N–H and O–H groups in total. The van der Waals surface area contributed by atoms with Crippen LogP contribution in [0.4, 0.5) is 0 Å². The number of hydrogen-bond acceptors (Lipinski definition) is 4. The van der Waals surface area contributed by atoms with Crippen LogP contribution in [0.1, 0.15) is 79.0 Å². The van der Waals surface area contributed by atoms with Crippen LogP contribution in [0.2, 0.25) is 0 Å². The fourth-order valence-electron chi connectivity index (χ4n) is 8.34. The fourth-order valence-corrected chi connectivity index (χ4v) is 8.34. The number of benzene rings is 6. The van der Waals surface area contributed by atoms with Gasteiger partial charge >= 0.3 is 0 Å². The molecule has 0 unspecified atom stereocenters. The van der Waals surface area contributed by atoms with E-state index in [2.05, 4.69) is 188 Å². The van der Waals surface area contributed by atoms with Crippen LogP contribution in [0.5, 0.6) is 5.75 Å². The number of pyridine rings is 2. The van der Waals surface area contributed by atoms with Gasteiger partial charge in [0.25, 0.3) is 0 Å². The highest BCUT2D eigenvalue weighted by molar-refractivity contribution is 6.06. The van der Waals surface area contributed by atoms with Gasteiger partial charge in [-0.15, -0.1) is 0 Å². The molecule has 0 saturated heterocycles. The summed E-state index contributed by atoms with van der Waals surface area (Å²) in [5, 5.41) is 15.7. The molecule has 5 heteroatoms. The van der Waals surface area contributed by atoms with Gasteiger partial charge in [0.2, 0.25) is 0 Å². The average Bonchev–Trinajstić information content (AvgIpc) is 3.62. The van der Waals surface area contributed by atoms with Crippen LogP contribution >= 0.6 is 0 Å². The Morgan fingerprint density at radius 3 is 1.98 bits per heavy atom. The number of imidazole rings is 1. The molecule has 9 rings (SSSR count). The van der Waals surface area contributed by atoms with Crippen LogP contribution in [0, 0.1) is 0 Å². The van der Waals surface area contributed by atoms with E-state index in [0.29, 0.717) is 11.4 Å². The van der Waals surface area contributed by atoms with Crippen molar-refractivity contribution in [2.45, 2.75) is 78.6 Å². The summed E-state index contributed by atoms with van der Waals surface area (Å²) in [5.74, 6) is 0.938. The highest BCUT2D eigenvalue weighted by Gasteiger charge is 2.29. The molecular formula is C55H52N4O. The Bertz CT molecular complexity index is 3100. The summed E-state index contributed by atoms with van der Waals surface area (Å²) >= 11 is 0. The first-order valence-electron chi connectivity index (χ1n) is 20.9. The zero-order chi connectivity index (χ0) is 42.1. The number of aromatic hydroxyl groups is 1. The number of para-hydroxylation sites is 2. The second-order valence-corrected chi connectivity index (χ2v) is 19.3. The van der Waals surface area contributed by atoms with Gasteiger partial charge in [0, 0.05) is 45.5 Å². The van der Waals surface area contributed by atoms with Crippen LogP contribution in [0.15, 0.2) is 146 Å². The van der Waals surface area contributed by atoms with Crippen molar-refractivity contribution in [3.63, 3.8) is 0 Å². The van der Waals surface area contributed by atoms with Gasteiger partial charge in [-0.1, -0.05) is 141 Å². The van der Waals surface area contributed by atoms with Crippen molar-refractivity contribution in [2.24, 2.45) is 0 Å². The van der Waals surface area contributed by atoms with Crippen LogP contribution < -0.4 is 0 Å². The number of fused-ring (bicyclic) bond motifs is 4. The van der Waals surface area contributed by atoms with E-state index < -0.39 is 0 Å². The van der Waals surface area contributed by atoms with E-state index >= 15 is 0 Å². The Balaban J connectivity index is 1.33. The molecule has 0 aliphatic heterocycles. The third kappa shape index (κ3) is 7.02. The van der Waals surface area contributed by atoms with Crippen molar-refractivity contribution in [2.75, 3.05) is 0 Å². The highest BCUT2D eigenvalue weighted by Crippen LogP contribution is 2.45. The summed E-state index contributed by atoms with van der Waals surface area (Å²) in [6.07, 6.45) is 3.86. The molecule has 0 radical (unpaired) electrons. The second kappa shape index (κ2) is 14.3. The van der Waals surface area contributed by atoms with Crippen LogP contribution in [0.3, 0.4) is 0 Å². The van der Waals surface area contributed by atoms with Crippen molar-refractivity contribution in [1.29, 1.82) is 0 Å². The summed E-state index contributed by atoms with van der Waals surface area (Å²) in [6.45, 7) is 19.9. The SMILES string of the molecule is CC(C)(C)c1cc(-c2cc(-c3ccccc3)ccn2)cc(-c2cccc3c2nc(-c2cc(C(C)(C)C)cc(C(C)(C)C)c2O)n3-c2ccc3c(cnc4ccccc43)c2)c1. The summed E-state index contributed by atoms with van der Waals surface area (Å²) in [6, 6.07) is 47.1. The van der Waals surface area contributed by atoms with Crippen LogP contribution in [-0.4, -0.2) is 24.6 Å². The Labute approximate surface area is 353 Å². The number of nitrogens with zero attached hydrogens (tertiary/aromatic N) is 4. The summed E-state index contributed by atoms with van der Waals surface area (Å²) in [7, 11) is 0. The minimum absolute atomic E-state index is 0.133. The Hall–Kier alpha value is -6.59. The highest BCUT2D eigenvalue weighted by atomic mass is 16.3. The van der Waals surface area contributed by atoms with E-state index in [4.69, 9.17) is 15.0 Å². The molecule has 60 heavy (non-hydrogen) atoms. The average molecular weight is 785 g/mol. The summed E-state index contributed by atoms with van der Waals surface area (Å²) < 4.78 is 2.22. The van der Waals surface area contributed by atoms with Gasteiger partial charge in [-0.05, 0) is 104 Å². The van der Waals surface area contributed by atoms with Crippen LogP contribution in [-0.2, 0) is 16.2 Å². The summed E-state index contributed by atoms with van der Waals surface area (Å²) in [4.78, 5) is 15.3. The van der Waals surface area contributed by atoms with Gasteiger partial charge in [0.05, 0.1) is 27.8 Å². The zero-order valence-corrected chi connectivity index (χ0v) is 36.1. The van der Waals surface area contributed by atoms with Gasteiger partial charge in [-0.25, -0.2) is 4.98 Å². The van der Waals surface area contributed by atoms with Crippen molar-refractivity contribution in [1.82, 2.24) is 19.5 Å². The summed E-state index contributed by atoms with van der Waals surface area (Å²) in [5.41, 5.74) is 13.3. The number of hydrogen-bond donors (Lipinski definition) is 1. The third-order valence-electron chi connectivity index (χ3n) is 11.8. The Morgan fingerprint density at radius 2 is 1.23 bits per heavy atom. The normalized spacial score (nSPS) is 12.5. The Kier molecular flexibility index (Phi) is 9.27. The molecule has 0 aliphatic rings. The maximum Gasteiger partial charge on any atom is 0.149 e. The van der Waals surface area contributed by atoms with E-state index in [1.54, 1.807) is 0 Å². The molecule has 0 fully saturated rings. The van der Waals surface area contributed by atoms with Gasteiger partial charge in [0.15, 0.2) is 0 Å². The number of rotatable bonds is 5. The number of phenols is 1.